The topological polar surface area (TPSA) is 73.2 Å². The van der Waals surface area contributed by atoms with Crippen molar-refractivity contribution >= 4 is 17.5 Å². The fourth-order valence-corrected chi connectivity index (χ4v) is 3.93. The van der Waals surface area contributed by atoms with E-state index >= 15 is 0 Å². The standard InChI is InChI=1S/C23H22FN3O3/c1-12-6-5-7-18(13(12)2)27-23-21(14(3)26-27)16(11-20(28)25-23)22(29)15-8-9-19(30-4)17(24)10-15/h5-10,16H,11H2,1-4H3,(H,25,28)/t16-/m0/s1. The number of fused-ring (bicyclic) bond motifs is 1. The molecule has 6 nitrogen and oxygen atoms in total. The molecular formula is C23H22FN3O3. The third-order valence-corrected chi connectivity index (χ3v) is 5.66. The van der Waals surface area contributed by atoms with E-state index < -0.39 is 11.7 Å². The second kappa shape index (κ2) is 7.40. The lowest BCUT2D eigenvalue weighted by molar-refractivity contribution is -0.116. The van der Waals surface area contributed by atoms with Gasteiger partial charge in [-0.2, -0.15) is 5.10 Å². The molecule has 0 bridgehead atoms. The Morgan fingerprint density at radius 1 is 1.23 bits per heavy atom. The molecular weight excluding hydrogens is 385 g/mol. The first-order chi connectivity index (χ1) is 14.3. The minimum absolute atomic E-state index is 0.0151. The Morgan fingerprint density at radius 2 is 2.00 bits per heavy atom. The van der Waals surface area contributed by atoms with Crippen molar-refractivity contribution in [2.75, 3.05) is 12.4 Å². The number of anilines is 1. The molecule has 3 aromatic rings. The van der Waals surface area contributed by atoms with Gasteiger partial charge in [-0.3, -0.25) is 9.59 Å². The average molecular weight is 407 g/mol. The molecule has 0 unspecified atom stereocenters. The Balaban J connectivity index is 1.82. The molecule has 1 aliphatic heterocycles. The zero-order chi connectivity index (χ0) is 21.6. The van der Waals surface area contributed by atoms with E-state index in [2.05, 4.69) is 10.4 Å². The van der Waals surface area contributed by atoms with Gasteiger partial charge in [0.2, 0.25) is 5.91 Å². The minimum Gasteiger partial charge on any atom is -0.494 e. The number of Topliss-reactive ketones (excluding diaryl/α,β-unsaturated/α-hetero) is 1. The summed E-state index contributed by atoms with van der Waals surface area (Å²) in [5.74, 6) is -1.40. The van der Waals surface area contributed by atoms with Crippen molar-refractivity contribution in [2.45, 2.75) is 33.1 Å². The molecule has 0 radical (unpaired) electrons. The smallest absolute Gasteiger partial charge is 0.226 e. The average Bonchev–Trinajstić information content (AvgIpc) is 3.05. The van der Waals surface area contributed by atoms with E-state index in [9.17, 15) is 14.0 Å². The van der Waals surface area contributed by atoms with E-state index in [0.29, 0.717) is 17.1 Å². The van der Waals surface area contributed by atoms with Gasteiger partial charge in [0.05, 0.1) is 24.4 Å². The van der Waals surface area contributed by atoms with E-state index in [1.54, 1.807) is 4.68 Å². The summed E-state index contributed by atoms with van der Waals surface area (Å²) in [7, 11) is 1.36. The summed E-state index contributed by atoms with van der Waals surface area (Å²) in [5.41, 5.74) is 4.47. The second-order valence-electron chi connectivity index (χ2n) is 7.50. The zero-order valence-electron chi connectivity index (χ0n) is 17.2. The van der Waals surface area contributed by atoms with Crippen LogP contribution in [0.5, 0.6) is 5.75 Å². The third kappa shape index (κ3) is 3.16. The molecule has 30 heavy (non-hydrogen) atoms. The number of hydrogen-bond donors (Lipinski definition) is 1. The van der Waals surface area contributed by atoms with Gasteiger partial charge >= 0.3 is 0 Å². The Labute approximate surface area is 173 Å². The number of rotatable bonds is 4. The van der Waals surface area contributed by atoms with Crippen LogP contribution in [-0.2, 0) is 4.79 Å². The van der Waals surface area contributed by atoms with Gasteiger partial charge in [-0.1, -0.05) is 12.1 Å². The number of aryl methyl sites for hydroxylation is 2. The highest BCUT2D eigenvalue weighted by molar-refractivity contribution is 6.08. The zero-order valence-corrected chi connectivity index (χ0v) is 17.2. The molecule has 0 spiro atoms. The highest BCUT2D eigenvalue weighted by atomic mass is 19.1. The van der Waals surface area contributed by atoms with E-state index in [4.69, 9.17) is 4.74 Å². The van der Waals surface area contributed by atoms with Crippen LogP contribution in [-0.4, -0.2) is 28.6 Å². The van der Waals surface area contributed by atoms with Crippen molar-refractivity contribution in [3.8, 4) is 11.4 Å². The van der Waals surface area contributed by atoms with Gasteiger partial charge in [0.25, 0.3) is 0 Å². The van der Waals surface area contributed by atoms with Crippen LogP contribution in [0.1, 0.15) is 45.1 Å². The summed E-state index contributed by atoms with van der Waals surface area (Å²) in [5, 5.41) is 7.50. The number of carbonyl (C=O) groups is 2. The molecule has 2 heterocycles. The molecule has 1 amide bonds. The summed E-state index contributed by atoms with van der Waals surface area (Å²) in [4.78, 5) is 25.7. The first kappa shape index (κ1) is 19.8. The van der Waals surface area contributed by atoms with Crippen molar-refractivity contribution < 1.29 is 18.7 Å². The predicted octanol–water partition coefficient (Wildman–Crippen LogP) is 4.25. The van der Waals surface area contributed by atoms with E-state index in [0.717, 1.165) is 22.9 Å². The lowest BCUT2D eigenvalue weighted by Gasteiger charge is -2.23. The van der Waals surface area contributed by atoms with Gasteiger partial charge < -0.3 is 10.1 Å². The molecule has 1 aromatic heterocycles. The number of ketones is 1. The van der Waals surface area contributed by atoms with Crippen molar-refractivity contribution in [1.82, 2.24) is 9.78 Å². The number of nitrogens with zero attached hydrogens (tertiary/aromatic N) is 2. The maximum absolute atomic E-state index is 14.2. The Morgan fingerprint density at radius 3 is 2.70 bits per heavy atom. The number of halogens is 1. The van der Waals surface area contributed by atoms with Gasteiger partial charge in [0, 0.05) is 17.5 Å². The molecule has 2 aromatic carbocycles. The molecule has 4 rings (SSSR count). The largest absolute Gasteiger partial charge is 0.494 e. The molecule has 154 valence electrons. The third-order valence-electron chi connectivity index (χ3n) is 5.66. The number of hydrogen-bond acceptors (Lipinski definition) is 4. The van der Waals surface area contributed by atoms with Crippen LogP contribution in [0.4, 0.5) is 10.2 Å². The quantitative estimate of drug-likeness (QED) is 0.656. The molecule has 0 saturated heterocycles. The van der Waals surface area contributed by atoms with Crippen LogP contribution >= 0.6 is 0 Å². The monoisotopic (exact) mass is 407 g/mol. The van der Waals surface area contributed by atoms with Crippen LogP contribution in [0.2, 0.25) is 0 Å². The van der Waals surface area contributed by atoms with Crippen molar-refractivity contribution in [1.29, 1.82) is 0 Å². The minimum atomic E-state index is -0.736. The van der Waals surface area contributed by atoms with E-state index in [1.165, 1.54) is 19.2 Å². The SMILES string of the molecule is COc1ccc(C(=O)[C@H]2CC(=O)Nc3c2c(C)nn3-c2cccc(C)c2C)cc1F. The molecule has 7 heteroatoms. The van der Waals surface area contributed by atoms with Crippen LogP contribution in [0.25, 0.3) is 5.69 Å². The Kier molecular flexibility index (Phi) is 4.89. The number of aromatic nitrogens is 2. The molecule has 0 aliphatic carbocycles. The number of methoxy groups -OCH3 is 1. The van der Waals surface area contributed by atoms with Gasteiger partial charge in [-0.25, -0.2) is 9.07 Å². The molecule has 1 N–H and O–H groups in total. The number of ether oxygens (including phenoxy) is 1. The van der Waals surface area contributed by atoms with E-state index in [1.807, 2.05) is 39.0 Å². The summed E-state index contributed by atoms with van der Waals surface area (Å²) in [6, 6.07) is 9.93. The maximum Gasteiger partial charge on any atom is 0.226 e. The van der Waals surface area contributed by atoms with Gasteiger partial charge in [-0.15, -0.1) is 0 Å². The van der Waals surface area contributed by atoms with Gasteiger partial charge in [-0.05, 0) is 56.2 Å². The van der Waals surface area contributed by atoms with Crippen molar-refractivity contribution in [3.63, 3.8) is 0 Å². The predicted molar refractivity (Wildman–Crippen MR) is 111 cm³/mol. The second-order valence-corrected chi connectivity index (χ2v) is 7.50. The lowest BCUT2D eigenvalue weighted by Crippen LogP contribution is -2.28. The highest BCUT2D eigenvalue weighted by Gasteiger charge is 2.36. The van der Waals surface area contributed by atoms with Crippen LogP contribution in [0.15, 0.2) is 36.4 Å². The summed E-state index contributed by atoms with van der Waals surface area (Å²) in [6.07, 6.45) is -0.0151. The fraction of sp³-hybridized carbons (Fsp3) is 0.261. The molecule has 1 atom stereocenters. The van der Waals surface area contributed by atoms with Crippen molar-refractivity contribution in [2.24, 2.45) is 0 Å². The first-order valence-corrected chi connectivity index (χ1v) is 9.65. The van der Waals surface area contributed by atoms with Gasteiger partial charge in [0.15, 0.2) is 17.3 Å². The van der Waals surface area contributed by atoms with E-state index in [-0.39, 0.29) is 29.4 Å². The number of amides is 1. The number of nitrogens with one attached hydrogen (secondary N) is 1. The Hall–Kier alpha value is -3.48. The molecule has 0 fully saturated rings. The summed E-state index contributed by atoms with van der Waals surface area (Å²) >= 11 is 0. The van der Waals surface area contributed by atoms with Crippen molar-refractivity contribution in [3.05, 3.63) is 70.2 Å². The van der Waals surface area contributed by atoms with Crippen LogP contribution in [0, 0.1) is 26.6 Å². The fourth-order valence-electron chi connectivity index (χ4n) is 3.93. The normalized spacial score (nSPS) is 15.5. The lowest BCUT2D eigenvalue weighted by atomic mass is 9.85. The Bertz CT molecular complexity index is 1180. The number of carbonyl (C=O) groups excluding carboxylic acids is 2. The summed E-state index contributed by atoms with van der Waals surface area (Å²) < 4.78 is 20.8. The maximum atomic E-state index is 14.2. The van der Waals surface area contributed by atoms with Gasteiger partial charge in [0.1, 0.15) is 5.82 Å². The molecule has 0 saturated carbocycles. The molecule has 1 aliphatic rings. The number of benzene rings is 2. The highest BCUT2D eigenvalue weighted by Crippen LogP contribution is 2.39. The first-order valence-electron chi connectivity index (χ1n) is 9.65. The summed E-state index contributed by atoms with van der Waals surface area (Å²) in [6.45, 7) is 5.80. The van der Waals surface area contributed by atoms with Crippen LogP contribution < -0.4 is 10.1 Å². The van der Waals surface area contributed by atoms with Crippen LogP contribution in [0.3, 0.4) is 0 Å².